The van der Waals surface area contributed by atoms with Crippen LogP contribution in [0, 0.1) is 0 Å². The standard InChI is InChI=1S/C19H23N5O3/c1-4-13-8-5-6-9-14(13)21-15(25)10-7-11-24-12-20-17-16(24)18(26)23(3)19(27)22(17)2/h5-6,8-9,12H,4,7,10-11H2,1-3H3,(H,21,25). The van der Waals surface area contributed by atoms with Crippen LogP contribution in [0.3, 0.4) is 0 Å². The van der Waals surface area contributed by atoms with Crippen molar-refractivity contribution in [2.75, 3.05) is 5.32 Å². The number of carbonyl (C=O) groups excluding carboxylic acids is 1. The number of hydrogen-bond donors (Lipinski definition) is 1. The summed E-state index contributed by atoms with van der Waals surface area (Å²) in [5.74, 6) is -0.0689. The fourth-order valence-electron chi connectivity index (χ4n) is 3.14. The first-order chi connectivity index (χ1) is 12.9. The van der Waals surface area contributed by atoms with E-state index in [1.54, 1.807) is 11.6 Å². The van der Waals surface area contributed by atoms with E-state index in [-0.39, 0.29) is 11.5 Å². The number of aryl methyl sites for hydroxylation is 3. The van der Waals surface area contributed by atoms with Gasteiger partial charge in [-0.05, 0) is 24.5 Å². The van der Waals surface area contributed by atoms with E-state index >= 15 is 0 Å². The van der Waals surface area contributed by atoms with Gasteiger partial charge in [-0.2, -0.15) is 0 Å². The van der Waals surface area contributed by atoms with E-state index in [1.807, 2.05) is 31.2 Å². The normalized spacial score (nSPS) is 11.1. The Balaban J connectivity index is 1.70. The number of fused-ring (bicyclic) bond motifs is 1. The van der Waals surface area contributed by atoms with Gasteiger partial charge >= 0.3 is 5.69 Å². The first kappa shape index (κ1) is 18.6. The lowest BCUT2D eigenvalue weighted by Gasteiger charge is -2.10. The second-order valence-corrected chi connectivity index (χ2v) is 6.48. The quantitative estimate of drug-likeness (QED) is 0.711. The Morgan fingerprint density at radius 3 is 2.63 bits per heavy atom. The Hall–Kier alpha value is -3.16. The zero-order valence-electron chi connectivity index (χ0n) is 15.7. The van der Waals surface area contributed by atoms with Gasteiger partial charge in [0.2, 0.25) is 5.91 Å². The van der Waals surface area contributed by atoms with Crippen molar-refractivity contribution in [3.8, 4) is 0 Å². The number of nitrogens with zero attached hydrogens (tertiary/aromatic N) is 4. The number of hydrogen-bond acceptors (Lipinski definition) is 4. The molecule has 0 spiro atoms. The Labute approximate surface area is 156 Å². The molecule has 0 aliphatic rings. The molecule has 1 aromatic carbocycles. The third-order valence-electron chi connectivity index (χ3n) is 4.69. The molecule has 0 saturated carbocycles. The minimum Gasteiger partial charge on any atom is -0.326 e. The maximum absolute atomic E-state index is 12.4. The number of para-hydroxylation sites is 1. The average Bonchev–Trinajstić information content (AvgIpc) is 3.09. The van der Waals surface area contributed by atoms with Crippen LogP contribution in [0.1, 0.15) is 25.3 Å². The molecule has 27 heavy (non-hydrogen) atoms. The first-order valence-electron chi connectivity index (χ1n) is 8.92. The number of benzene rings is 1. The summed E-state index contributed by atoms with van der Waals surface area (Å²) in [5.41, 5.74) is 1.86. The lowest BCUT2D eigenvalue weighted by molar-refractivity contribution is -0.116. The molecule has 0 fully saturated rings. The first-order valence-corrected chi connectivity index (χ1v) is 8.92. The van der Waals surface area contributed by atoms with E-state index in [4.69, 9.17) is 0 Å². The molecule has 1 amide bonds. The summed E-state index contributed by atoms with van der Waals surface area (Å²) in [7, 11) is 3.03. The molecule has 0 unspecified atom stereocenters. The third kappa shape index (κ3) is 3.55. The summed E-state index contributed by atoms with van der Waals surface area (Å²) >= 11 is 0. The number of rotatable bonds is 6. The van der Waals surface area contributed by atoms with Crippen LogP contribution in [0.25, 0.3) is 11.2 Å². The summed E-state index contributed by atoms with van der Waals surface area (Å²) < 4.78 is 4.11. The highest BCUT2D eigenvalue weighted by atomic mass is 16.2. The van der Waals surface area contributed by atoms with Crippen LogP contribution in [0.2, 0.25) is 0 Å². The number of anilines is 1. The van der Waals surface area contributed by atoms with Crippen LogP contribution in [-0.2, 0) is 31.9 Å². The molecule has 8 nitrogen and oxygen atoms in total. The molecule has 0 bridgehead atoms. The molecule has 2 aromatic heterocycles. The van der Waals surface area contributed by atoms with Crippen LogP contribution in [0.5, 0.6) is 0 Å². The topological polar surface area (TPSA) is 90.9 Å². The number of amides is 1. The van der Waals surface area contributed by atoms with Crippen LogP contribution in [0.4, 0.5) is 5.69 Å². The second-order valence-electron chi connectivity index (χ2n) is 6.48. The van der Waals surface area contributed by atoms with E-state index < -0.39 is 5.69 Å². The molecule has 1 N–H and O–H groups in total. The molecule has 0 radical (unpaired) electrons. The van der Waals surface area contributed by atoms with Crippen molar-refractivity contribution in [3.05, 3.63) is 57.0 Å². The fourth-order valence-corrected chi connectivity index (χ4v) is 3.14. The van der Waals surface area contributed by atoms with Crippen LogP contribution in [0.15, 0.2) is 40.2 Å². The summed E-state index contributed by atoms with van der Waals surface area (Å²) in [6.45, 7) is 2.51. The van der Waals surface area contributed by atoms with Gasteiger partial charge in [0.1, 0.15) is 0 Å². The predicted molar refractivity (Wildman–Crippen MR) is 104 cm³/mol. The zero-order chi connectivity index (χ0) is 19.6. The minimum absolute atomic E-state index is 0.0689. The summed E-state index contributed by atoms with van der Waals surface area (Å²) in [6.07, 6.45) is 3.26. The van der Waals surface area contributed by atoms with Gasteiger partial charge in [-0.1, -0.05) is 25.1 Å². The van der Waals surface area contributed by atoms with Gasteiger partial charge in [-0.15, -0.1) is 0 Å². The Morgan fingerprint density at radius 2 is 1.89 bits per heavy atom. The molecule has 142 valence electrons. The van der Waals surface area contributed by atoms with Crippen LogP contribution < -0.4 is 16.6 Å². The number of aromatic nitrogens is 4. The lowest BCUT2D eigenvalue weighted by atomic mass is 10.1. The largest absolute Gasteiger partial charge is 0.332 e. The third-order valence-corrected chi connectivity index (χ3v) is 4.69. The number of nitrogens with one attached hydrogen (secondary N) is 1. The predicted octanol–water partition coefficient (Wildman–Crippen LogP) is 1.41. The number of imidazole rings is 1. The van der Waals surface area contributed by atoms with Crippen LogP contribution >= 0.6 is 0 Å². The van der Waals surface area contributed by atoms with E-state index in [0.717, 1.165) is 22.2 Å². The average molecular weight is 369 g/mol. The Kier molecular flexibility index (Phi) is 5.25. The molecule has 0 saturated heterocycles. The van der Waals surface area contributed by atoms with Gasteiger partial charge in [-0.3, -0.25) is 18.7 Å². The van der Waals surface area contributed by atoms with Gasteiger partial charge in [0.05, 0.1) is 6.33 Å². The molecule has 8 heteroatoms. The number of carbonyl (C=O) groups is 1. The monoisotopic (exact) mass is 369 g/mol. The van der Waals surface area contributed by atoms with Crippen molar-refractivity contribution < 1.29 is 4.79 Å². The van der Waals surface area contributed by atoms with Crippen molar-refractivity contribution in [1.82, 2.24) is 18.7 Å². The van der Waals surface area contributed by atoms with Gasteiger partial charge < -0.3 is 9.88 Å². The van der Waals surface area contributed by atoms with Crippen molar-refractivity contribution in [1.29, 1.82) is 0 Å². The Bertz CT molecular complexity index is 1110. The van der Waals surface area contributed by atoms with E-state index in [9.17, 15) is 14.4 Å². The maximum atomic E-state index is 12.4. The summed E-state index contributed by atoms with van der Waals surface area (Å²) in [5, 5.41) is 2.94. The van der Waals surface area contributed by atoms with E-state index in [1.165, 1.54) is 17.9 Å². The second kappa shape index (κ2) is 7.61. The molecule has 3 rings (SSSR count). The van der Waals surface area contributed by atoms with Crippen LogP contribution in [-0.4, -0.2) is 24.6 Å². The van der Waals surface area contributed by atoms with Crippen molar-refractivity contribution in [3.63, 3.8) is 0 Å². The van der Waals surface area contributed by atoms with Crippen molar-refractivity contribution >= 4 is 22.8 Å². The highest BCUT2D eigenvalue weighted by Gasteiger charge is 2.14. The van der Waals surface area contributed by atoms with Gasteiger partial charge in [0.25, 0.3) is 5.56 Å². The van der Waals surface area contributed by atoms with E-state index in [0.29, 0.717) is 30.6 Å². The minimum atomic E-state index is -0.410. The molecule has 0 aliphatic heterocycles. The Morgan fingerprint density at radius 1 is 1.15 bits per heavy atom. The van der Waals surface area contributed by atoms with E-state index in [2.05, 4.69) is 10.3 Å². The smallest absolute Gasteiger partial charge is 0.326 e. The molecule has 0 atom stereocenters. The zero-order valence-corrected chi connectivity index (χ0v) is 15.7. The lowest BCUT2D eigenvalue weighted by Crippen LogP contribution is -2.37. The van der Waals surface area contributed by atoms with Gasteiger partial charge in [0.15, 0.2) is 11.2 Å². The fraction of sp³-hybridized carbons (Fsp3) is 0.368. The highest BCUT2D eigenvalue weighted by Crippen LogP contribution is 2.16. The molecule has 0 aliphatic carbocycles. The summed E-state index contributed by atoms with van der Waals surface area (Å²) in [6, 6.07) is 7.73. The molecule has 2 heterocycles. The van der Waals surface area contributed by atoms with Gasteiger partial charge in [0, 0.05) is 32.7 Å². The highest BCUT2D eigenvalue weighted by molar-refractivity contribution is 5.91. The summed E-state index contributed by atoms with van der Waals surface area (Å²) in [4.78, 5) is 40.8. The molecular weight excluding hydrogens is 346 g/mol. The van der Waals surface area contributed by atoms with Gasteiger partial charge in [-0.25, -0.2) is 9.78 Å². The maximum Gasteiger partial charge on any atom is 0.332 e. The molecule has 3 aromatic rings. The van der Waals surface area contributed by atoms with Crippen molar-refractivity contribution in [2.24, 2.45) is 14.1 Å². The SMILES string of the molecule is CCc1ccccc1NC(=O)CCCn1cnc2c1c(=O)n(C)c(=O)n2C. The van der Waals surface area contributed by atoms with Crippen molar-refractivity contribution in [2.45, 2.75) is 32.7 Å². The molecular formula is C19H23N5O3.